The van der Waals surface area contributed by atoms with Crippen molar-refractivity contribution in [3.8, 4) is 5.75 Å². The zero-order valence-corrected chi connectivity index (χ0v) is 13.0. The van der Waals surface area contributed by atoms with Crippen LogP contribution in [0.25, 0.3) is 0 Å². The van der Waals surface area contributed by atoms with Crippen LogP contribution in [0.15, 0.2) is 18.2 Å². The van der Waals surface area contributed by atoms with E-state index in [1.165, 1.54) is 32.1 Å². The third-order valence-electron chi connectivity index (χ3n) is 7.09. The van der Waals surface area contributed by atoms with E-state index in [1.807, 2.05) is 0 Å². The van der Waals surface area contributed by atoms with Gasteiger partial charge in [-0.2, -0.15) is 0 Å². The Hall–Kier alpha value is -1.02. The Kier molecular flexibility index (Phi) is 2.41. The van der Waals surface area contributed by atoms with Crippen molar-refractivity contribution < 1.29 is 9.47 Å². The van der Waals surface area contributed by atoms with Crippen molar-refractivity contribution >= 4 is 0 Å². The Morgan fingerprint density at radius 1 is 1.29 bits per heavy atom. The molecule has 0 amide bonds. The fourth-order valence-electron chi connectivity index (χ4n) is 5.98. The molecule has 1 aliphatic heterocycles. The smallest absolute Gasteiger partial charge is 0.119 e. The van der Waals surface area contributed by atoms with Gasteiger partial charge in [-0.05, 0) is 78.5 Å². The fraction of sp³-hybridized carbons (Fsp3) is 0.684. The van der Waals surface area contributed by atoms with Crippen LogP contribution in [0.4, 0.5) is 0 Å². The number of benzene rings is 1. The van der Waals surface area contributed by atoms with Gasteiger partial charge in [-0.15, -0.1) is 0 Å². The molecule has 5 rings (SSSR count). The molecule has 3 fully saturated rings. The summed E-state index contributed by atoms with van der Waals surface area (Å²) in [6, 6.07) is 6.78. The van der Waals surface area contributed by atoms with Gasteiger partial charge in [0, 0.05) is 0 Å². The summed E-state index contributed by atoms with van der Waals surface area (Å²) in [5, 5.41) is 0. The molecule has 3 unspecified atom stereocenters. The lowest BCUT2D eigenvalue weighted by Crippen LogP contribution is -2.42. The van der Waals surface area contributed by atoms with Crippen molar-refractivity contribution in [1.29, 1.82) is 0 Å². The minimum Gasteiger partial charge on any atom is -0.497 e. The molecule has 2 heteroatoms. The lowest BCUT2D eigenvalue weighted by molar-refractivity contribution is 0.00418. The molecular weight excluding hydrogens is 260 g/mol. The first-order chi connectivity index (χ1) is 10.2. The second kappa shape index (κ2) is 4.04. The van der Waals surface area contributed by atoms with E-state index in [0.717, 1.165) is 23.5 Å². The van der Waals surface area contributed by atoms with Crippen LogP contribution in [-0.2, 0) is 11.2 Å². The van der Waals surface area contributed by atoms with Crippen LogP contribution in [0.3, 0.4) is 0 Å². The Balaban J connectivity index is 1.51. The topological polar surface area (TPSA) is 21.8 Å². The summed E-state index contributed by atoms with van der Waals surface area (Å²) in [6.45, 7) is 2.51. The number of rotatable bonds is 1. The number of epoxide rings is 1. The van der Waals surface area contributed by atoms with Crippen molar-refractivity contribution in [3.05, 3.63) is 29.3 Å². The molecule has 21 heavy (non-hydrogen) atoms. The summed E-state index contributed by atoms with van der Waals surface area (Å²) < 4.78 is 11.3. The molecule has 0 aromatic heterocycles. The average Bonchev–Trinajstić information content (AvgIpc) is 3.23. The van der Waals surface area contributed by atoms with Gasteiger partial charge in [0.15, 0.2) is 0 Å². The Morgan fingerprint density at radius 2 is 2.19 bits per heavy atom. The van der Waals surface area contributed by atoms with Crippen LogP contribution in [0.2, 0.25) is 0 Å². The average molecular weight is 284 g/mol. The molecule has 1 aromatic carbocycles. The van der Waals surface area contributed by atoms with Crippen molar-refractivity contribution in [2.24, 2.45) is 17.3 Å². The van der Waals surface area contributed by atoms with E-state index in [9.17, 15) is 0 Å². The summed E-state index contributed by atoms with van der Waals surface area (Å²) in [5.41, 5.74) is 3.64. The van der Waals surface area contributed by atoms with E-state index in [-0.39, 0.29) is 0 Å². The molecule has 2 saturated carbocycles. The zero-order valence-electron chi connectivity index (χ0n) is 13.0. The Morgan fingerprint density at radius 3 is 3.05 bits per heavy atom. The number of fused-ring (bicyclic) bond motifs is 7. The van der Waals surface area contributed by atoms with Crippen molar-refractivity contribution in [2.45, 2.75) is 57.2 Å². The molecule has 112 valence electrons. The summed E-state index contributed by atoms with van der Waals surface area (Å²) in [6.07, 6.45) is 7.83. The summed E-state index contributed by atoms with van der Waals surface area (Å²) >= 11 is 0. The molecule has 0 N–H and O–H groups in total. The van der Waals surface area contributed by atoms with Gasteiger partial charge in [0.2, 0.25) is 0 Å². The van der Waals surface area contributed by atoms with E-state index < -0.39 is 0 Å². The van der Waals surface area contributed by atoms with E-state index in [0.29, 0.717) is 17.6 Å². The fourth-order valence-corrected chi connectivity index (χ4v) is 5.98. The predicted octanol–water partition coefficient (Wildman–Crippen LogP) is 3.93. The Bertz CT molecular complexity index is 595. The van der Waals surface area contributed by atoms with Gasteiger partial charge in [0.05, 0.1) is 19.3 Å². The maximum atomic E-state index is 5.89. The van der Waals surface area contributed by atoms with Gasteiger partial charge in [-0.3, -0.25) is 0 Å². The minimum absolute atomic E-state index is 0.482. The van der Waals surface area contributed by atoms with Crippen molar-refractivity contribution in [3.63, 3.8) is 0 Å². The Labute approximate surface area is 126 Å². The lowest BCUT2D eigenvalue weighted by atomic mass is 9.55. The molecule has 3 aliphatic carbocycles. The SMILES string of the molecule is COc1ccc2c(c1)CCC1C2CC[C@@]2(C)C1C[C@H]1O[C@H]12. The second-order valence-electron chi connectivity index (χ2n) is 7.86. The molecule has 0 radical (unpaired) electrons. The maximum Gasteiger partial charge on any atom is 0.119 e. The molecule has 1 saturated heterocycles. The summed E-state index contributed by atoms with van der Waals surface area (Å²) in [4.78, 5) is 0. The highest BCUT2D eigenvalue weighted by atomic mass is 16.6. The standard InChI is InChI=1S/C19H24O2/c1-19-8-7-14-13-6-4-12(20-2)9-11(13)3-5-15(14)16(19)10-17-18(19)21-17/h4,6,9,14-18H,3,5,7-8,10H2,1-2H3/t14?,15?,16?,17-,18-,19+/m1/s1. The predicted molar refractivity (Wildman–Crippen MR) is 81.7 cm³/mol. The van der Waals surface area contributed by atoms with Crippen LogP contribution < -0.4 is 4.74 Å². The number of hydrogen-bond donors (Lipinski definition) is 0. The van der Waals surface area contributed by atoms with E-state index in [1.54, 1.807) is 18.2 Å². The van der Waals surface area contributed by atoms with Crippen LogP contribution in [-0.4, -0.2) is 19.3 Å². The maximum absolute atomic E-state index is 5.89. The quantitative estimate of drug-likeness (QED) is 0.729. The lowest BCUT2D eigenvalue weighted by Gasteiger charge is -2.49. The highest BCUT2D eigenvalue weighted by Crippen LogP contribution is 2.66. The van der Waals surface area contributed by atoms with Gasteiger partial charge in [-0.25, -0.2) is 0 Å². The second-order valence-corrected chi connectivity index (χ2v) is 7.86. The highest BCUT2D eigenvalue weighted by Gasteiger charge is 2.66. The summed E-state index contributed by atoms with van der Waals surface area (Å²) in [7, 11) is 1.77. The molecule has 6 atom stereocenters. The van der Waals surface area contributed by atoms with E-state index in [4.69, 9.17) is 9.47 Å². The van der Waals surface area contributed by atoms with Gasteiger partial charge in [-0.1, -0.05) is 13.0 Å². The van der Waals surface area contributed by atoms with E-state index in [2.05, 4.69) is 25.1 Å². The highest BCUT2D eigenvalue weighted by molar-refractivity contribution is 5.41. The minimum atomic E-state index is 0.482. The van der Waals surface area contributed by atoms with Crippen molar-refractivity contribution in [1.82, 2.24) is 0 Å². The molecule has 0 bridgehead atoms. The van der Waals surface area contributed by atoms with Gasteiger partial charge < -0.3 is 9.47 Å². The molecule has 1 heterocycles. The number of aryl methyl sites for hydroxylation is 1. The zero-order chi connectivity index (χ0) is 14.2. The molecule has 1 aromatic rings. The van der Waals surface area contributed by atoms with Crippen LogP contribution in [0, 0.1) is 17.3 Å². The molecule has 4 aliphatic rings. The normalized spacial score (nSPS) is 46.1. The first kappa shape index (κ1) is 12.5. The molecule has 0 spiro atoms. The largest absolute Gasteiger partial charge is 0.497 e. The first-order valence-electron chi connectivity index (χ1n) is 8.53. The van der Waals surface area contributed by atoms with E-state index >= 15 is 0 Å². The third kappa shape index (κ3) is 1.57. The number of ether oxygens (including phenoxy) is 2. The van der Waals surface area contributed by atoms with Gasteiger partial charge >= 0.3 is 0 Å². The van der Waals surface area contributed by atoms with Crippen LogP contribution in [0.1, 0.15) is 49.7 Å². The number of methoxy groups -OCH3 is 1. The van der Waals surface area contributed by atoms with Crippen LogP contribution >= 0.6 is 0 Å². The molecular formula is C19H24O2. The summed E-state index contributed by atoms with van der Waals surface area (Å²) in [5.74, 6) is 3.59. The van der Waals surface area contributed by atoms with Crippen molar-refractivity contribution in [2.75, 3.05) is 7.11 Å². The molecule has 2 nitrogen and oxygen atoms in total. The monoisotopic (exact) mass is 284 g/mol. The third-order valence-corrected chi connectivity index (χ3v) is 7.09. The first-order valence-corrected chi connectivity index (χ1v) is 8.53. The van der Waals surface area contributed by atoms with Gasteiger partial charge in [0.25, 0.3) is 0 Å². The number of hydrogen-bond acceptors (Lipinski definition) is 2. The van der Waals surface area contributed by atoms with Gasteiger partial charge in [0.1, 0.15) is 5.75 Å². The van der Waals surface area contributed by atoms with Crippen LogP contribution in [0.5, 0.6) is 5.75 Å².